The Bertz CT molecular complexity index is 795. The van der Waals surface area contributed by atoms with E-state index in [0.29, 0.717) is 15.7 Å². The van der Waals surface area contributed by atoms with Crippen LogP contribution in [-0.4, -0.2) is 24.9 Å². The van der Waals surface area contributed by atoms with Gasteiger partial charge >= 0.3 is 0 Å². The molecule has 0 fully saturated rings. The van der Waals surface area contributed by atoms with Crippen molar-refractivity contribution in [3.05, 3.63) is 63.6 Å². The number of amides is 2. The first kappa shape index (κ1) is 19.1. The molecule has 0 spiro atoms. The summed E-state index contributed by atoms with van der Waals surface area (Å²) in [6, 6.07) is 7.68. The first-order valence-corrected chi connectivity index (χ1v) is 8.02. The summed E-state index contributed by atoms with van der Waals surface area (Å²) in [7, 11) is 0. The van der Waals surface area contributed by atoms with Gasteiger partial charge < -0.3 is 10.2 Å². The Morgan fingerprint density at radius 3 is 2.28 bits per heavy atom. The number of carbonyl (C=O) groups is 2. The molecule has 0 radical (unpaired) electrons. The molecule has 0 aliphatic rings. The third-order valence-electron chi connectivity index (χ3n) is 3.39. The van der Waals surface area contributed by atoms with Crippen molar-refractivity contribution in [1.29, 1.82) is 0 Å². The van der Waals surface area contributed by atoms with Gasteiger partial charge in [0.25, 0.3) is 5.91 Å². The Kier molecular flexibility index (Phi) is 6.33. The summed E-state index contributed by atoms with van der Waals surface area (Å²) >= 11 is 12.2. The molecule has 132 valence electrons. The van der Waals surface area contributed by atoms with Crippen molar-refractivity contribution in [1.82, 2.24) is 5.32 Å². The van der Waals surface area contributed by atoms with Gasteiger partial charge in [0.15, 0.2) is 11.6 Å². The fourth-order valence-electron chi connectivity index (χ4n) is 2.19. The number of benzene rings is 2. The fraction of sp³-hybridized carbons (Fsp3) is 0.176. The highest BCUT2D eigenvalue weighted by molar-refractivity contribution is 6.39. The number of carbonyl (C=O) groups excluding carboxylic acids is 2. The summed E-state index contributed by atoms with van der Waals surface area (Å²) in [5.41, 5.74) is 0.324. The molecule has 0 saturated carbocycles. The molecule has 0 aliphatic heterocycles. The van der Waals surface area contributed by atoms with Crippen molar-refractivity contribution in [2.45, 2.75) is 6.92 Å². The number of hydrogen-bond acceptors (Lipinski definition) is 2. The minimum absolute atomic E-state index is 0.0240. The van der Waals surface area contributed by atoms with Crippen LogP contribution in [0.25, 0.3) is 0 Å². The van der Waals surface area contributed by atoms with Gasteiger partial charge in [-0.1, -0.05) is 29.3 Å². The maximum absolute atomic E-state index is 13.2. The van der Waals surface area contributed by atoms with Crippen LogP contribution in [0.2, 0.25) is 10.0 Å². The molecule has 8 heteroatoms. The van der Waals surface area contributed by atoms with Gasteiger partial charge in [-0.15, -0.1) is 0 Å². The van der Waals surface area contributed by atoms with Crippen LogP contribution in [0, 0.1) is 11.6 Å². The van der Waals surface area contributed by atoms with E-state index in [1.165, 1.54) is 17.9 Å². The summed E-state index contributed by atoms with van der Waals surface area (Å²) < 4.78 is 26.1. The highest BCUT2D eigenvalue weighted by Gasteiger charge is 2.18. The second kappa shape index (κ2) is 8.27. The second-order valence-electron chi connectivity index (χ2n) is 5.13. The molecule has 2 rings (SSSR count). The lowest BCUT2D eigenvalue weighted by atomic mass is 10.2. The zero-order valence-electron chi connectivity index (χ0n) is 13.2. The van der Waals surface area contributed by atoms with Crippen molar-refractivity contribution in [2.75, 3.05) is 18.0 Å². The van der Waals surface area contributed by atoms with Gasteiger partial charge in [0, 0.05) is 25.6 Å². The molecule has 0 bridgehead atoms. The fourth-order valence-corrected chi connectivity index (χ4v) is 2.80. The van der Waals surface area contributed by atoms with Gasteiger partial charge in [0.05, 0.1) is 15.7 Å². The molecule has 0 saturated heterocycles. The van der Waals surface area contributed by atoms with E-state index in [0.717, 1.165) is 12.1 Å². The molecular formula is C17H14Cl2F2N2O2. The standard InChI is InChI=1S/C17H14Cl2F2N2O2/c1-10(24)23(16-12(18)3-2-4-13(16)19)8-7-22-17(25)11-5-6-14(20)15(21)9-11/h2-6,9H,7-8H2,1H3,(H,22,25). The van der Waals surface area contributed by atoms with Gasteiger partial charge in [0.2, 0.25) is 5.91 Å². The number of hydrogen-bond donors (Lipinski definition) is 1. The molecule has 2 aromatic rings. The number of nitrogens with one attached hydrogen (secondary N) is 1. The van der Waals surface area contributed by atoms with Gasteiger partial charge in [-0.3, -0.25) is 9.59 Å². The van der Waals surface area contributed by atoms with Crippen LogP contribution in [0.4, 0.5) is 14.5 Å². The SMILES string of the molecule is CC(=O)N(CCNC(=O)c1ccc(F)c(F)c1)c1c(Cl)cccc1Cl. The minimum atomic E-state index is -1.11. The molecule has 0 unspecified atom stereocenters. The molecule has 0 atom stereocenters. The normalized spacial score (nSPS) is 10.4. The summed E-state index contributed by atoms with van der Waals surface area (Å²) in [6.07, 6.45) is 0. The number of anilines is 1. The molecule has 0 aliphatic carbocycles. The third kappa shape index (κ3) is 4.67. The highest BCUT2D eigenvalue weighted by Crippen LogP contribution is 2.33. The molecule has 0 heterocycles. The van der Waals surface area contributed by atoms with Crippen LogP contribution in [-0.2, 0) is 4.79 Å². The number of rotatable bonds is 5. The maximum atomic E-state index is 13.2. The van der Waals surface area contributed by atoms with E-state index in [-0.39, 0.29) is 24.6 Å². The molecule has 2 aromatic carbocycles. The van der Waals surface area contributed by atoms with E-state index in [1.54, 1.807) is 18.2 Å². The smallest absolute Gasteiger partial charge is 0.251 e. The van der Waals surface area contributed by atoms with Crippen molar-refractivity contribution >= 4 is 40.7 Å². The lowest BCUT2D eigenvalue weighted by Crippen LogP contribution is -2.38. The lowest BCUT2D eigenvalue weighted by molar-refractivity contribution is -0.116. The quantitative estimate of drug-likeness (QED) is 0.842. The number of nitrogens with zero attached hydrogens (tertiary/aromatic N) is 1. The monoisotopic (exact) mass is 386 g/mol. The van der Waals surface area contributed by atoms with Gasteiger partial charge in [-0.25, -0.2) is 8.78 Å². The van der Waals surface area contributed by atoms with E-state index >= 15 is 0 Å². The number of para-hydroxylation sites is 1. The topological polar surface area (TPSA) is 49.4 Å². The average molecular weight is 387 g/mol. The van der Waals surface area contributed by atoms with Gasteiger partial charge in [0.1, 0.15) is 0 Å². The van der Waals surface area contributed by atoms with E-state index in [2.05, 4.69) is 5.32 Å². The molecule has 4 nitrogen and oxygen atoms in total. The summed E-state index contributed by atoms with van der Waals surface area (Å²) in [6.45, 7) is 1.52. The number of halogens is 4. The van der Waals surface area contributed by atoms with Crippen LogP contribution in [0.15, 0.2) is 36.4 Å². The molecular weight excluding hydrogens is 373 g/mol. The van der Waals surface area contributed by atoms with E-state index in [4.69, 9.17) is 23.2 Å². The van der Waals surface area contributed by atoms with Crippen molar-refractivity contribution in [3.63, 3.8) is 0 Å². The van der Waals surface area contributed by atoms with Gasteiger partial charge in [-0.2, -0.15) is 0 Å². The third-order valence-corrected chi connectivity index (χ3v) is 4.00. The van der Waals surface area contributed by atoms with Crippen LogP contribution in [0.3, 0.4) is 0 Å². The predicted octanol–water partition coefficient (Wildman–Crippen LogP) is 4.05. The van der Waals surface area contributed by atoms with Crippen LogP contribution in [0.1, 0.15) is 17.3 Å². The second-order valence-corrected chi connectivity index (χ2v) is 5.94. The maximum Gasteiger partial charge on any atom is 0.251 e. The van der Waals surface area contributed by atoms with Crippen molar-refractivity contribution in [2.24, 2.45) is 0 Å². The van der Waals surface area contributed by atoms with E-state index in [9.17, 15) is 18.4 Å². The molecule has 0 aromatic heterocycles. The zero-order valence-corrected chi connectivity index (χ0v) is 14.7. The Morgan fingerprint density at radius 1 is 1.08 bits per heavy atom. The first-order chi connectivity index (χ1) is 11.8. The molecule has 2 amide bonds. The summed E-state index contributed by atoms with van der Waals surface area (Å²) in [5, 5.41) is 3.13. The van der Waals surface area contributed by atoms with Crippen molar-refractivity contribution in [3.8, 4) is 0 Å². The molecule has 1 N–H and O–H groups in total. The van der Waals surface area contributed by atoms with Crippen LogP contribution < -0.4 is 10.2 Å². The first-order valence-electron chi connectivity index (χ1n) is 7.26. The lowest BCUT2D eigenvalue weighted by Gasteiger charge is -2.23. The Hall–Kier alpha value is -2.18. The van der Waals surface area contributed by atoms with Crippen molar-refractivity contribution < 1.29 is 18.4 Å². The Morgan fingerprint density at radius 2 is 1.72 bits per heavy atom. The Labute approximate surface area is 153 Å². The highest BCUT2D eigenvalue weighted by atomic mass is 35.5. The summed E-state index contributed by atoms with van der Waals surface area (Å²) in [4.78, 5) is 25.2. The summed E-state index contributed by atoms with van der Waals surface area (Å²) in [5.74, 6) is -3.04. The van der Waals surface area contributed by atoms with Crippen LogP contribution >= 0.6 is 23.2 Å². The minimum Gasteiger partial charge on any atom is -0.350 e. The van der Waals surface area contributed by atoms with E-state index in [1.807, 2.05) is 0 Å². The average Bonchev–Trinajstić information content (AvgIpc) is 2.55. The van der Waals surface area contributed by atoms with Crippen LogP contribution in [0.5, 0.6) is 0 Å². The van der Waals surface area contributed by atoms with Gasteiger partial charge in [-0.05, 0) is 30.3 Å². The Balaban J connectivity index is 2.06. The largest absolute Gasteiger partial charge is 0.350 e. The zero-order chi connectivity index (χ0) is 18.6. The predicted molar refractivity (Wildman–Crippen MR) is 93.2 cm³/mol. The molecule has 25 heavy (non-hydrogen) atoms. The van der Waals surface area contributed by atoms with E-state index < -0.39 is 17.5 Å².